The predicted octanol–water partition coefficient (Wildman–Crippen LogP) is 2.58. The van der Waals surface area contributed by atoms with E-state index in [9.17, 15) is 5.11 Å². The van der Waals surface area contributed by atoms with Gasteiger partial charge >= 0.3 is 0 Å². The van der Waals surface area contributed by atoms with Crippen LogP contribution < -0.4 is 17.2 Å². The third-order valence-corrected chi connectivity index (χ3v) is 3.24. The van der Waals surface area contributed by atoms with Gasteiger partial charge in [-0.25, -0.2) is 0 Å². The van der Waals surface area contributed by atoms with Gasteiger partial charge in [0.1, 0.15) is 5.75 Å². The number of phenolic OH excluding ortho intramolecular Hbond substituents is 1. The number of aryl methyl sites for hydroxylation is 1. The van der Waals surface area contributed by atoms with Crippen LogP contribution in [-0.4, -0.2) is 5.11 Å². The van der Waals surface area contributed by atoms with Crippen LogP contribution in [0.3, 0.4) is 0 Å². The molecule has 0 spiro atoms. The number of hydrogen-bond donors (Lipinski definition) is 4. The van der Waals surface area contributed by atoms with Crippen molar-refractivity contribution >= 4 is 17.5 Å². The SMILES string of the molecule is Cc1ccc(C(N)/C=C/c2ccc(O)c(N)c2)cc1N. The number of rotatable bonds is 3. The first-order chi connectivity index (χ1) is 9.47. The highest BCUT2D eigenvalue weighted by Gasteiger charge is 2.04. The number of benzene rings is 2. The van der Waals surface area contributed by atoms with Gasteiger partial charge in [0.05, 0.1) is 5.69 Å². The minimum atomic E-state index is -0.243. The predicted molar refractivity (Wildman–Crippen MR) is 84.1 cm³/mol. The molecule has 0 aliphatic heterocycles. The highest BCUT2D eigenvalue weighted by atomic mass is 16.3. The van der Waals surface area contributed by atoms with E-state index in [4.69, 9.17) is 17.2 Å². The summed E-state index contributed by atoms with van der Waals surface area (Å²) in [5, 5.41) is 9.37. The summed E-state index contributed by atoms with van der Waals surface area (Å²) in [5.74, 6) is 0.0813. The molecular weight excluding hydrogens is 250 g/mol. The Labute approximate surface area is 118 Å². The number of hydrogen-bond acceptors (Lipinski definition) is 4. The van der Waals surface area contributed by atoms with E-state index in [0.717, 1.165) is 22.4 Å². The number of nitrogen functional groups attached to an aromatic ring is 2. The smallest absolute Gasteiger partial charge is 0.138 e. The van der Waals surface area contributed by atoms with Gasteiger partial charge in [0.25, 0.3) is 0 Å². The molecule has 2 rings (SSSR count). The number of anilines is 2. The maximum atomic E-state index is 9.37. The van der Waals surface area contributed by atoms with Crippen LogP contribution in [-0.2, 0) is 0 Å². The van der Waals surface area contributed by atoms with Crippen molar-refractivity contribution in [2.45, 2.75) is 13.0 Å². The van der Waals surface area contributed by atoms with Crippen molar-refractivity contribution in [3.05, 3.63) is 59.2 Å². The standard InChI is InChI=1S/C16H19N3O/c1-10-2-5-12(9-14(10)18)13(17)6-3-11-4-7-16(20)15(19)8-11/h2-9,13,20H,17-19H2,1H3/b6-3+. The van der Waals surface area contributed by atoms with Crippen LogP contribution in [0.15, 0.2) is 42.5 Å². The van der Waals surface area contributed by atoms with Crippen LogP contribution in [0, 0.1) is 6.92 Å². The van der Waals surface area contributed by atoms with Gasteiger partial charge in [-0.1, -0.05) is 30.4 Å². The molecule has 2 aromatic carbocycles. The first-order valence-electron chi connectivity index (χ1n) is 6.35. The Balaban J connectivity index is 2.17. The average molecular weight is 269 g/mol. The zero-order valence-corrected chi connectivity index (χ0v) is 11.4. The largest absolute Gasteiger partial charge is 0.506 e. The minimum Gasteiger partial charge on any atom is -0.506 e. The van der Waals surface area contributed by atoms with Gasteiger partial charge in [0.2, 0.25) is 0 Å². The average Bonchev–Trinajstić information content (AvgIpc) is 2.43. The third kappa shape index (κ3) is 3.10. The van der Waals surface area contributed by atoms with E-state index < -0.39 is 0 Å². The first kappa shape index (κ1) is 14.0. The molecule has 7 N–H and O–H groups in total. The molecule has 0 aliphatic rings. The fourth-order valence-corrected chi connectivity index (χ4v) is 1.87. The lowest BCUT2D eigenvalue weighted by Crippen LogP contribution is -2.07. The lowest BCUT2D eigenvalue weighted by atomic mass is 10.0. The lowest BCUT2D eigenvalue weighted by Gasteiger charge is -2.09. The molecule has 0 bridgehead atoms. The van der Waals surface area contributed by atoms with Crippen LogP contribution in [0.4, 0.5) is 11.4 Å². The molecule has 20 heavy (non-hydrogen) atoms. The quantitative estimate of drug-likeness (QED) is 0.508. The summed E-state index contributed by atoms with van der Waals surface area (Å²) in [4.78, 5) is 0. The molecule has 0 saturated carbocycles. The number of nitrogens with two attached hydrogens (primary N) is 3. The summed E-state index contributed by atoms with van der Waals surface area (Å²) < 4.78 is 0. The van der Waals surface area contributed by atoms with Gasteiger partial charge < -0.3 is 22.3 Å². The molecule has 0 radical (unpaired) electrons. The van der Waals surface area contributed by atoms with Crippen molar-refractivity contribution in [1.29, 1.82) is 0 Å². The fourth-order valence-electron chi connectivity index (χ4n) is 1.87. The Morgan fingerprint density at radius 1 is 1.05 bits per heavy atom. The fraction of sp³-hybridized carbons (Fsp3) is 0.125. The molecule has 1 unspecified atom stereocenters. The molecule has 2 aromatic rings. The second-order valence-electron chi connectivity index (χ2n) is 4.82. The van der Waals surface area contributed by atoms with E-state index in [2.05, 4.69) is 0 Å². The molecule has 104 valence electrons. The van der Waals surface area contributed by atoms with Gasteiger partial charge in [-0.05, 0) is 41.8 Å². The summed E-state index contributed by atoms with van der Waals surface area (Å²) in [6, 6.07) is 10.6. The number of aromatic hydroxyl groups is 1. The van der Waals surface area contributed by atoms with Crippen molar-refractivity contribution in [2.75, 3.05) is 11.5 Å². The third-order valence-electron chi connectivity index (χ3n) is 3.24. The van der Waals surface area contributed by atoms with Gasteiger partial charge in [0.15, 0.2) is 0 Å². The van der Waals surface area contributed by atoms with Crippen molar-refractivity contribution in [3.8, 4) is 5.75 Å². The highest BCUT2D eigenvalue weighted by Crippen LogP contribution is 2.23. The van der Waals surface area contributed by atoms with E-state index in [0.29, 0.717) is 5.69 Å². The maximum absolute atomic E-state index is 9.37. The van der Waals surface area contributed by atoms with Crippen LogP contribution in [0.5, 0.6) is 5.75 Å². The topological polar surface area (TPSA) is 98.3 Å². The molecule has 0 saturated heterocycles. The van der Waals surface area contributed by atoms with Crippen molar-refractivity contribution < 1.29 is 5.11 Å². The van der Waals surface area contributed by atoms with Crippen LogP contribution >= 0.6 is 0 Å². The molecular formula is C16H19N3O. The van der Waals surface area contributed by atoms with Crippen LogP contribution in [0.2, 0.25) is 0 Å². The summed E-state index contributed by atoms with van der Waals surface area (Å²) in [6.07, 6.45) is 3.74. The number of phenols is 1. The van der Waals surface area contributed by atoms with Crippen molar-refractivity contribution in [1.82, 2.24) is 0 Å². The molecule has 0 aromatic heterocycles. The molecule has 0 fully saturated rings. The maximum Gasteiger partial charge on any atom is 0.138 e. The minimum absolute atomic E-state index is 0.0813. The summed E-state index contributed by atoms with van der Waals surface area (Å²) >= 11 is 0. The summed E-state index contributed by atoms with van der Waals surface area (Å²) in [7, 11) is 0. The van der Waals surface area contributed by atoms with E-state index in [1.165, 1.54) is 0 Å². The second kappa shape index (κ2) is 5.67. The zero-order chi connectivity index (χ0) is 14.7. The zero-order valence-electron chi connectivity index (χ0n) is 11.4. The Bertz CT molecular complexity index is 650. The van der Waals surface area contributed by atoms with Crippen LogP contribution in [0.25, 0.3) is 6.08 Å². The summed E-state index contributed by atoms with van der Waals surface area (Å²) in [5.41, 5.74) is 21.6. The Morgan fingerprint density at radius 2 is 1.80 bits per heavy atom. The molecule has 4 heteroatoms. The Morgan fingerprint density at radius 3 is 2.45 bits per heavy atom. The van der Waals surface area contributed by atoms with Crippen LogP contribution in [0.1, 0.15) is 22.7 Å². The van der Waals surface area contributed by atoms with Gasteiger partial charge in [-0.3, -0.25) is 0 Å². The van der Waals surface area contributed by atoms with E-state index in [1.54, 1.807) is 18.2 Å². The van der Waals surface area contributed by atoms with Gasteiger partial charge in [-0.15, -0.1) is 0 Å². The Kier molecular flexibility index (Phi) is 3.96. The van der Waals surface area contributed by atoms with Gasteiger partial charge in [-0.2, -0.15) is 0 Å². The monoisotopic (exact) mass is 269 g/mol. The van der Waals surface area contributed by atoms with E-state index in [1.807, 2.05) is 37.3 Å². The summed E-state index contributed by atoms with van der Waals surface area (Å²) in [6.45, 7) is 1.96. The van der Waals surface area contributed by atoms with Crippen molar-refractivity contribution in [2.24, 2.45) is 5.73 Å². The Hall–Kier alpha value is -2.46. The molecule has 0 amide bonds. The normalized spacial score (nSPS) is 12.7. The van der Waals surface area contributed by atoms with E-state index >= 15 is 0 Å². The molecule has 4 nitrogen and oxygen atoms in total. The highest BCUT2D eigenvalue weighted by molar-refractivity contribution is 5.62. The lowest BCUT2D eigenvalue weighted by molar-refractivity contribution is 0.478. The van der Waals surface area contributed by atoms with E-state index in [-0.39, 0.29) is 11.8 Å². The van der Waals surface area contributed by atoms with Gasteiger partial charge in [0, 0.05) is 11.7 Å². The first-order valence-corrected chi connectivity index (χ1v) is 6.35. The second-order valence-corrected chi connectivity index (χ2v) is 4.82. The van der Waals surface area contributed by atoms with Crippen molar-refractivity contribution in [3.63, 3.8) is 0 Å². The molecule has 0 heterocycles. The molecule has 0 aliphatic carbocycles. The molecule has 1 atom stereocenters.